The molecular weight excluding hydrogens is 414 g/mol. The lowest BCUT2D eigenvalue weighted by Gasteiger charge is -2.23. The summed E-state index contributed by atoms with van der Waals surface area (Å²) < 4.78 is 10.8. The highest BCUT2D eigenvalue weighted by Crippen LogP contribution is 2.33. The SMILES string of the molecule is COc1ccc(C(Nc2ccc(C)cc2Cl)C(=O)NCCc2ccncc2)c(OC)c1. The van der Waals surface area contributed by atoms with Gasteiger partial charge in [0.25, 0.3) is 0 Å². The summed E-state index contributed by atoms with van der Waals surface area (Å²) in [6.45, 7) is 2.45. The minimum atomic E-state index is -0.710. The maximum atomic E-state index is 13.2. The van der Waals surface area contributed by atoms with E-state index in [0.29, 0.717) is 40.7 Å². The van der Waals surface area contributed by atoms with Gasteiger partial charge in [-0.05, 0) is 60.9 Å². The number of rotatable bonds is 9. The van der Waals surface area contributed by atoms with E-state index in [0.717, 1.165) is 11.1 Å². The van der Waals surface area contributed by atoms with Crippen molar-refractivity contribution in [2.75, 3.05) is 26.1 Å². The number of aryl methyl sites for hydroxylation is 1. The van der Waals surface area contributed by atoms with Gasteiger partial charge >= 0.3 is 0 Å². The van der Waals surface area contributed by atoms with Crippen LogP contribution < -0.4 is 20.1 Å². The average molecular weight is 440 g/mol. The highest BCUT2D eigenvalue weighted by molar-refractivity contribution is 6.33. The van der Waals surface area contributed by atoms with Crippen LogP contribution in [0.2, 0.25) is 5.02 Å². The topological polar surface area (TPSA) is 72.5 Å². The van der Waals surface area contributed by atoms with E-state index in [-0.39, 0.29) is 5.91 Å². The summed E-state index contributed by atoms with van der Waals surface area (Å²) in [6, 6.07) is 14.2. The molecule has 1 heterocycles. The van der Waals surface area contributed by atoms with Crippen molar-refractivity contribution in [1.29, 1.82) is 0 Å². The molecule has 2 aromatic carbocycles. The van der Waals surface area contributed by atoms with Crippen molar-refractivity contribution in [2.45, 2.75) is 19.4 Å². The van der Waals surface area contributed by atoms with Crippen molar-refractivity contribution in [3.8, 4) is 11.5 Å². The zero-order valence-electron chi connectivity index (χ0n) is 17.8. The summed E-state index contributed by atoms with van der Waals surface area (Å²) in [6.07, 6.45) is 4.18. The van der Waals surface area contributed by atoms with Crippen molar-refractivity contribution in [3.63, 3.8) is 0 Å². The molecule has 1 aromatic heterocycles. The van der Waals surface area contributed by atoms with Gasteiger partial charge < -0.3 is 20.1 Å². The Morgan fingerprint density at radius 1 is 1.06 bits per heavy atom. The third kappa shape index (κ3) is 5.89. The number of nitrogens with one attached hydrogen (secondary N) is 2. The maximum absolute atomic E-state index is 13.2. The van der Waals surface area contributed by atoms with Gasteiger partial charge in [-0.25, -0.2) is 0 Å². The Morgan fingerprint density at radius 3 is 2.52 bits per heavy atom. The smallest absolute Gasteiger partial charge is 0.247 e. The fourth-order valence-electron chi connectivity index (χ4n) is 3.22. The van der Waals surface area contributed by atoms with E-state index >= 15 is 0 Å². The molecule has 0 radical (unpaired) electrons. The number of nitrogens with zero attached hydrogens (tertiary/aromatic N) is 1. The fourth-order valence-corrected chi connectivity index (χ4v) is 3.51. The first-order valence-electron chi connectivity index (χ1n) is 9.93. The Hall–Kier alpha value is -3.25. The van der Waals surface area contributed by atoms with Crippen LogP contribution in [0.1, 0.15) is 22.7 Å². The first-order chi connectivity index (χ1) is 15.0. The van der Waals surface area contributed by atoms with Crippen LogP contribution in [0, 0.1) is 6.92 Å². The number of methoxy groups -OCH3 is 2. The molecule has 1 unspecified atom stereocenters. The second-order valence-corrected chi connectivity index (χ2v) is 7.47. The number of halogens is 1. The molecule has 162 valence electrons. The first-order valence-corrected chi connectivity index (χ1v) is 10.3. The zero-order chi connectivity index (χ0) is 22.2. The molecule has 1 amide bonds. The molecule has 6 nitrogen and oxygen atoms in total. The van der Waals surface area contributed by atoms with Crippen molar-refractivity contribution < 1.29 is 14.3 Å². The van der Waals surface area contributed by atoms with E-state index in [1.807, 2.05) is 43.3 Å². The molecule has 7 heteroatoms. The van der Waals surface area contributed by atoms with E-state index in [9.17, 15) is 4.79 Å². The van der Waals surface area contributed by atoms with Gasteiger partial charge in [-0.1, -0.05) is 17.7 Å². The van der Waals surface area contributed by atoms with Gasteiger partial charge in [-0.15, -0.1) is 0 Å². The number of anilines is 1. The molecule has 3 aromatic rings. The van der Waals surface area contributed by atoms with Crippen molar-refractivity contribution >= 4 is 23.2 Å². The van der Waals surface area contributed by atoms with Crippen LogP contribution in [-0.4, -0.2) is 31.7 Å². The van der Waals surface area contributed by atoms with Gasteiger partial charge in [-0.2, -0.15) is 0 Å². The number of ether oxygens (including phenoxy) is 2. The molecule has 1 atom stereocenters. The van der Waals surface area contributed by atoms with Crippen LogP contribution in [0.25, 0.3) is 0 Å². The Morgan fingerprint density at radius 2 is 1.84 bits per heavy atom. The quantitative estimate of drug-likeness (QED) is 0.511. The van der Waals surface area contributed by atoms with E-state index in [4.69, 9.17) is 21.1 Å². The van der Waals surface area contributed by atoms with Crippen molar-refractivity contribution in [2.24, 2.45) is 0 Å². The van der Waals surface area contributed by atoms with Gasteiger partial charge in [0.15, 0.2) is 0 Å². The van der Waals surface area contributed by atoms with E-state index in [2.05, 4.69) is 15.6 Å². The number of hydrogen-bond acceptors (Lipinski definition) is 5. The molecule has 31 heavy (non-hydrogen) atoms. The lowest BCUT2D eigenvalue weighted by molar-refractivity contribution is -0.121. The van der Waals surface area contributed by atoms with Crippen LogP contribution in [0.3, 0.4) is 0 Å². The van der Waals surface area contributed by atoms with Crippen LogP contribution >= 0.6 is 11.6 Å². The molecule has 0 fully saturated rings. The van der Waals surface area contributed by atoms with Gasteiger partial charge in [0, 0.05) is 30.6 Å². The lowest BCUT2D eigenvalue weighted by atomic mass is 10.0. The highest BCUT2D eigenvalue weighted by atomic mass is 35.5. The molecule has 0 spiro atoms. The first kappa shape index (κ1) is 22.4. The van der Waals surface area contributed by atoms with Gasteiger partial charge in [0.2, 0.25) is 5.91 Å². The number of pyridine rings is 1. The number of hydrogen-bond donors (Lipinski definition) is 2. The van der Waals surface area contributed by atoms with Gasteiger partial charge in [0.05, 0.1) is 24.9 Å². The summed E-state index contributed by atoms with van der Waals surface area (Å²) >= 11 is 6.42. The third-order valence-corrected chi connectivity index (χ3v) is 5.21. The fraction of sp³-hybridized carbons (Fsp3) is 0.250. The van der Waals surface area contributed by atoms with Crippen LogP contribution in [-0.2, 0) is 11.2 Å². The summed E-state index contributed by atoms with van der Waals surface area (Å²) in [4.78, 5) is 17.2. The van der Waals surface area contributed by atoms with Gasteiger partial charge in [0.1, 0.15) is 17.5 Å². The molecule has 0 aliphatic carbocycles. The normalized spacial score (nSPS) is 11.5. The molecule has 0 saturated carbocycles. The number of benzene rings is 2. The number of aromatic nitrogens is 1. The molecule has 0 aliphatic rings. The summed E-state index contributed by atoms with van der Waals surface area (Å²) in [5, 5.41) is 6.83. The predicted octanol–water partition coefficient (Wildman–Crippen LogP) is 4.57. The minimum Gasteiger partial charge on any atom is -0.497 e. The summed E-state index contributed by atoms with van der Waals surface area (Å²) in [5.74, 6) is 1.00. The monoisotopic (exact) mass is 439 g/mol. The summed E-state index contributed by atoms with van der Waals surface area (Å²) in [7, 11) is 3.15. The second kappa shape index (κ2) is 10.7. The molecule has 3 rings (SSSR count). The number of carbonyl (C=O) groups excluding carboxylic acids is 1. The maximum Gasteiger partial charge on any atom is 0.247 e. The standard InChI is InChI=1S/C24H26ClN3O3/c1-16-4-7-21(20(25)14-16)28-23(19-6-5-18(30-2)15-22(19)31-3)24(29)27-13-10-17-8-11-26-12-9-17/h4-9,11-12,14-15,23,28H,10,13H2,1-3H3,(H,27,29). The highest BCUT2D eigenvalue weighted by Gasteiger charge is 2.25. The molecule has 2 N–H and O–H groups in total. The molecule has 0 saturated heterocycles. The van der Waals surface area contributed by atoms with E-state index in [1.165, 1.54) is 0 Å². The van der Waals surface area contributed by atoms with E-state index in [1.54, 1.807) is 38.7 Å². The number of carbonyl (C=O) groups is 1. The van der Waals surface area contributed by atoms with Crippen LogP contribution in [0.15, 0.2) is 60.9 Å². The van der Waals surface area contributed by atoms with Gasteiger partial charge in [-0.3, -0.25) is 9.78 Å². The average Bonchev–Trinajstić information content (AvgIpc) is 2.79. The lowest BCUT2D eigenvalue weighted by Crippen LogP contribution is -2.35. The predicted molar refractivity (Wildman–Crippen MR) is 123 cm³/mol. The molecule has 0 bridgehead atoms. The summed E-state index contributed by atoms with van der Waals surface area (Å²) in [5.41, 5.74) is 3.49. The molecule has 0 aliphatic heterocycles. The number of amides is 1. The zero-order valence-corrected chi connectivity index (χ0v) is 18.6. The van der Waals surface area contributed by atoms with Crippen molar-refractivity contribution in [3.05, 3.63) is 82.6 Å². The Kier molecular flexibility index (Phi) is 7.73. The van der Waals surface area contributed by atoms with Crippen LogP contribution in [0.5, 0.6) is 11.5 Å². The Bertz CT molecular complexity index is 1030. The Labute approximate surface area is 187 Å². The Balaban J connectivity index is 1.85. The van der Waals surface area contributed by atoms with E-state index < -0.39 is 6.04 Å². The largest absolute Gasteiger partial charge is 0.497 e. The third-order valence-electron chi connectivity index (χ3n) is 4.90. The van der Waals surface area contributed by atoms with Crippen molar-refractivity contribution in [1.82, 2.24) is 10.3 Å². The van der Waals surface area contributed by atoms with Crippen LogP contribution in [0.4, 0.5) is 5.69 Å². The minimum absolute atomic E-state index is 0.186. The second-order valence-electron chi connectivity index (χ2n) is 7.07. The molecular formula is C24H26ClN3O3.